The number of amides is 2. The number of carbonyl (C=O) groups is 2. The highest BCUT2D eigenvalue weighted by Gasteiger charge is 2.22. The summed E-state index contributed by atoms with van der Waals surface area (Å²) in [6.07, 6.45) is 2.47. The molecule has 0 atom stereocenters. The van der Waals surface area contributed by atoms with Crippen LogP contribution in [0.3, 0.4) is 0 Å². The summed E-state index contributed by atoms with van der Waals surface area (Å²) in [5.41, 5.74) is 3.98. The molecule has 0 radical (unpaired) electrons. The molecule has 206 valence electrons. The number of hydrogen-bond donors (Lipinski definition) is 2. The number of fused-ring (bicyclic) bond motifs is 1. The maximum absolute atomic E-state index is 12.6. The van der Waals surface area contributed by atoms with E-state index in [-0.39, 0.29) is 12.5 Å². The number of hydrazone groups is 1. The summed E-state index contributed by atoms with van der Waals surface area (Å²) in [6.45, 7) is -0.636. The third kappa shape index (κ3) is 7.35. The van der Waals surface area contributed by atoms with Gasteiger partial charge in [-0.15, -0.1) is 0 Å². The van der Waals surface area contributed by atoms with Gasteiger partial charge in [0.1, 0.15) is 18.0 Å². The van der Waals surface area contributed by atoms with Crippen molar-refractivity contribution < 1.29 is 27.5 Å². The van der Waals surface area contributed by atoms with Gasteiger partial charge in [-0.2, -0.15) is 5.10 Å². The monoisotopic (exact) mass is 560 g/mol. The second-order valence-electron chi connectivity index (χ2n) is 8.67. The highest BCUT2D eigenvalue weighted by Crippen LogP contribution is 2.28. The molecule has 4 aromatic rings. The van der Waals surface area contributed by atoms with Gasteiger partial charge < -0.3 is 14.8 Å². The van der Waals surface area contributed by atoms with Crippen molar-refractivity contribution in [2.75, 3.05) is 36.1 Å². The molecule has 0 bridgehead atoms. The number of sulfonamides is 1. The summed E-state index contributed by atoms with van der Waals surface area (Å²) in [5, 5.41) is 8.24. The van der Waals surface area contributed by atoms with Crippen molar-refractivity contribution in [3.8, 4) is 11.5 Å². The zero-order valence-electron chi connectivity index (χ0n) is 21.9. The average Bonchev–Trinajstić information content (AvgIpc) is 2.95. The Bertz CT molecular complexity index is 1630. The molecule has 4 rings (SSSR count). The van der Waals surface area contributed by atoms with Gasteiger partial charge in [0, 0.05) is 5.39 Å². The third-order valence-corrected chi connectivity index (χ3v) is 6.88. The summed E-state index contributed by atoms with van der Waals surface area (Å²) < 4.78 is 36.8. The van der Waals surface area contributed by atoms with E-state index in [0.29, 0.717) is 33.8 Å². The molecule has 0 aliphatic rings. The Labute approximate surface area is 232 Å². The summed E-state index contributed by atoms with van der Waals surface area (Å²) >= 11 is 0. The first-order valence-corrected chi connectivity index (χ1v) is 14.0. The van der Waals surface area contributed by atoms with Crippen molar-refractivity contribution in [1.82, 2.24) is 5.43 Å². The number of ether oxygens (including phenoxy) is 2. The largest absolute Gasteiger partial charge is 0.495 e. The van der Waals surface area contributed by atoms with Crippen LogP contribution in [-0.2, 0) is 19.6 Å². The molecule has 0 aromatic heterocycles. The van der Waals surface area contributed by atoms with Gasteiger partial charge >= 0.3 is 0 Å². The Hall–Kier alpha value is -4.90. The highest BCUT2D eigenvalue weighted by molar-refractivity contribution is 7.92. The molecule has 0 aliphatic carbocycles. The van der Waals surface area contributed by atoms with Crippen LogP contribution in [0.2, 0.25) is 0 Å². The molecule has 0 saturated carbocycles. The minimum atomic E-state index is -3.75. The van der Waals surface area contributed by atoms with Crippen LogP contribution in [0.15, 0.2) is 96.1 Å². The van der Waals surface area contributed by atoms with Gasteiger partial charge in [0.05, 0.1) is 31.0 Å². The van der Waals surface area contributed by atoms with Gasteiger partial charge in [-0.25, -0.2) is 13.8 Å². The zero-order valence-corrected chi connectivity index (χ0v) is 22.7. The van der Waals surface area contributed by atoms with E-state index < -0.39 is 22.5 Å². The molecular weight excluding hydrogens is 532 g/mol. The van der Waals surface area contributed by atoms with Gasteiger partial charge in [0.2, 0.25) is 10.0 Å². The first-order valence-electron chi connectivity index (χ1n) is 12.2. The Morgan fingerprint density at radius 2 is 1.60 bits per heavy atom. The molecule has 40 heavy (non-hydrogen) atoms. The minimum Gasteiger partial charge on any atom is -0.495 e. The molecule has 4 aromatic carbocycles. The third-order valence-electron chi connectivity index (χ3n) is 5.76. The summed E-state index contributed by atoms with van der Waals surface area (Å²) in [4.78, 5) is 24.8. The molecule has 10 nitrogen and oxygen atoms in total. The standard InChI is InChI=1S/C29H28N4O6S/c1-38-27-13-6-5-11-25(27)31-29(35)20-39-23-16-14-21(15-17-23)18-30-32-28(34)19-33(40(2,36)37)26-12-7-9-22-8-3-4-10-24(22)26/h3-18H,19-20H2,1-2H3,(H,31,35)(H,32,34)/b30-18-. The van der Waals surface area contributed by atoms with Crippen molar-refractivity contribution in [3.05, 3.63) is 96.6 Å². The van der Waals surface area contributed by atoms with Crippen molar-refractivity contribution >= 4 is 50.2 Å². The number of nitrogens with zero attached hydrogens (tertiary/aromatic N) is 2. The smallest absolute Gasteiger partial charge is 0.262 e. The number of methoxy groups -OCH3 is 1. The Balaban J connectivity index is 1.31. The lowest BCUT2D eigenvalue weighted by Crippen LogP contribution is -2.39. The maximum Gasteiger partial charge on any atom is 0.262 e. The number of para-hydroxylation sites is 2. The number of rotatable bonds is 11. The van der Waals surface area contributed by atoms with Gasteiger partial charge in [-0.3, -0.25) is 13.9 Å². The van der Waals surface area contributed by atoms with Gasteiger partial charge in [0.25, 0.3) is 11.8 Å². The van der Waals surface area contributed by atoms with Crippen LogP contribution >= 0.6 is 0 Å². The van der Waals surface area contributed by atoms with Crippen LogP contribution < -0.4 is 24.5 Å². The second-order valence-corrected chi connectivity index (χ2v) is 10.6. The summed E-state index contributed by atoms with van der Waals surface area (Å²) in [5.74, 6) is 0.0690. The summed E-state index contributed by atoms with van der Waals surface area (Å²) in [7, 11) is -2.23. The van der Waals surface area contributed by atoms with E-state index in [1.54, 1.807) is 66.7 Å². The van der Waals surface area contributed by atoms with E-state index in [9.17, 15) is 18.0 Å². The molecule has 2 amide bonds. The van der Waals surface area contributed by atoms with Crippen molar-refractivity contribution in [2.24, 2.45) is 5.10 Å². The average molecular weight is 561 g/mol. The van der Waals surface area contributed by atoms with Crippen LogP contribution in [0.25, 0.3) is 10.8 Å². The first kappa shape index (κ1) is 28.1. The Morgan fingerprint density at radius 1 is 0.900 bits per heavy atom. The number of benzene rings is 4. The quantitative estimate of drug-likeness (QED) is 0.212. The van der Waals surface area contributed by atoms with Crippen LogP contribution in [0.5, 0.6) is 11.5 Å². The number of hydrogen-bond acceptors (Lipinski definition) is 7. The predicted molar refractivity (Wildman–Crippen MR) is 155 cm³/mol. The van der Waals surface area contributed by atoms with Gasteiger partial charge in [-0.1, -0.05) is 48.5 Å². The second kappa shape index (κ2) is 12.8. The van der Waals surface area contributed by atoms with Crippen molar-refractivity contribution in [3.63, 3.8) is 0 Å². The molecule has 0 spiro atoms. The van der Waals surface area contributed by atoms with E-state index in [2.05, 4.69) is 15.8 Å². The van der Waals surface area contributed by atoms with E-state index in [1.807, 2.05) is 24.3 Å². The van der Waals surface area contributed by atoms with Crippen molar-refractivity contribution in [1.29, 1.82) is 0 Å². The predicted octanol–water partition coefficient (Wildman–Crippen LogP) is 3.78. The van der Waals surface area contributed by atoms with E-state index in [4.69, 9.17) is 9.47 Å². The number of carbonyl (C=O) groups excluding carboxylic acids is 2. The van der Waals surface area contributed by atoms with Gasteiger partial charge in [-0.05, 0) is 53.4 Å². The fraction of sp³-hybridized carbons (Fsp3) is 0.138. The lowest BCUT2D eigenvalue weighted by atomic mass is 10.1. The molecule has 0 fully saturated rings. The van der Waals surface area contributed by atoms with Crippen LogP contribution in [0, 0.1) is 0 Å². The van der Waals surface area contributed by atoms with E-state index in [0.717, 1.165) is 15.9 Å². The van der Waals surface area contributed by atoms with Gasteiger partial charge in [0.15, 0.2) is 6.61 Å². The van der Waals surface area contributed by atoms with Crippen LogP contribution in [0.1, 0.15) is 5.56 Å². The molecule has 0 heterocycles. The number of anilines is 2. The van der Waals surface area contributed by atoms with Crippen LogP contribution in [0.4, 0.5) is 11.4 Å². The van der Waals surface area contributed by atoms with E-state index in [1.165, 1.54) is 13.3 Å². The normalized spacial score (nSPS) is 11.2. The minimum absolute atomic E-state index is 0.199. The fourth-order valence-electron chi connectivity index (χ4n) is 3.88. The SMILES string of the molecule is COc1ccccc1NC(=O)COc1ccc(/C=N\NC(=O)CN(c2cccc3ccccc23)S(C)(=O)=O)cc1. The molecule has 2 N–H and O–H groups in total. The molecular formula is C29H28N4O6S. The summed E-state index contributed by atoms with van der Waals surface area (Å²) in [6, 6.07) is 26.4. The number of nitrogens with one attached hydrogen (secondary N) is 2. The van der Waals surface area contributed by atoms with Crippen molar-refractivity contribution in [2.45, 2.75) is 0 Å². The molecule has 0 aliphatic heterocycles. The lowest BCUT2D eigenvalue weighted by Gasteiger charge is -2.23. The first-order chi connectivity index (χ1) is 19.2. The van der Waals surface area contributed by atoms with Crippen LogP contribution in [-0.4, -0.2) is 53.0 Å². The highest BCUT2D eigenvalue weighted by atomic mass is 32.2. The zero-order chi connectivity index (χ0) is 28.5. The maximum atomic E-state index is 12.6. The fourth-order valence-corrected chi connectivity index (χ4v) is 4.75. The lowest BCUT2D eigenvalue weighted by molar-refractivity contribution is -0.119. The topological polar surface area (TPSA) is 126 Å². The van der Waals surface area contributed by atoms with E-state index >= 15 is 0 Å². The molecule has 0 unspecified atom stereocenters. The molecule has 11 heteroatoms. The molecule has 0 saturated heterocycles. The Morgan fingerprint density at radius 3 is 2.35 bits per heavy atom. The Kier molecular flexibility index (Phi) is 8.97.